The van der Waals surface area contributed by atoms with E-state index in [0.717, 1.165) is 45.9 Å². The summed E-state index contributed by atoms with van der Waals surface area (Å²) >= 11 is 0. The quantitative estimate of drug-likeness (QED) is 0.715. The second kappa shape index (κ2) is 7.22. The summed E-state index contributed by atoms with van der Waals surface area (Å²) in [5.41, 5.74) is 5.63. The maximum atomic E-state index is 5.81. The van der Waals surface area contributed by atoms with Crippen LogP contribution in [-0.4, -0.2) is 67.8 Å². The van der Waals surface area contributed by atoms with Gasteiger partial charge in [-0.3, -0.25) is 9.80 Å². The Hall–Kier alpha value is -0.160. The van der Waals surface area contributed by atoms with Crippen LogP contribution in [0, 0.1) is 0 Å². The van der Waals surface area contributed by atoms with Crippen LogP contribution in [0.5, 0.6) is 0 Å². The summed E-state index contributed by atoms with van der Waals surface area (Å²) in [6, 6.07) is 0.546. The van der Waals surface area contributed by atoms with Gasteiger partial charge < -0.3 is 10.5 Å². The normalized spacial score (nSPS) is 23.2. The first-order valence-electron chi connectivity index (χ1n) is 6.45. The molecule has 0 saturated carbocycles. The molecule has 1 aliphatic rings. The van der Waals surface area contributed by atoms with Gasteiger partial charge in [-0.05, 0) is 20.4 Å². The van der Waals surface area contributed by atoms with Gasteiger partial charge in [-0.2, -0.15) is 0 Å². The van der Waals surface area contributed by atoms with E-state index in [1.807, 2.05) is 0 Å². The lowest BCUT2D eigenvalue weighted by Crippen LogP contribution is -2.49. The average Bonchev–Trinajstić information content (AvgIpc) is 2.28. The number of rotatable bonds is 6. The molecule has 2 N–H and O–H groups in total. The van der Waals surface area contributed by atoms with Crippen LogP contribution in [0.1, 0.15) is 20.8 Å². The molecule has 0 aromatic rings. The SMILES string of the molecule is CCN1CCOC(CN(CCN)C(C)C)C1. The van der Waals surface area contributed by atoms with E-state index >= 15 is 0 Å². The molecule has 4 heteroatoms. The molecule has 0 aliphatic carbocycles. The molecule has 1 unspecified atom stereocenters. The topological polar surface area (TPSA) is 41.7 Å². The molecule has 0 amide bonds. The zero-order valence-electron chi connectivity index (χ0n) is 11.0. The lowest BCUT2D eigenvalue weighted by Gasteiger charge is -2.36. The highest BCUT2D eigenvalue weighted by Gasteiger charge is 2.22. The highest BCUT2D eigenvalue weighted by atomic mass is 16.5. The molecule has 1 fully saturated rings. The van der Waals surface area contributed by atoms with E-state index in [1.165, 1.54) is 0 Å². The van der Waals surface area contributed by atoms with Gasteiger partial charge in [0.2, 0.25) is 0 Å². The van der Waals surface area contributed by atoms with Gasteiger partial charge in [-0.15, -0.1) is 0 Å². The molecule has 0 aromatic heterocycles. The summed E-state index contributed by atoms with van der Waals surface area (Å²) in [5.74, 6) is 0. The Morgan fingerprint density at radius 3 is 2.81 bits per heavy atom. The Morgan fingerprint density at radius 2 is 2.25 bits per heavy atom. The van der Waals surface area contributed by atoms with Crippen LogP contribution in [0.15, 0.2) is 0 Å². The number of hydrogen-bond donors (Lipinski definition) is 1. The summed E-state index contributed by atoms with van der Waals surface area (Å²) in [6.07, 6.45) is 0.350. The van der Waals surface area contributed by atoms with Gasteiger partial charge in [0.15, 0.2) is 0 Å². The summed E-state index contributed by atoms with van der Waals surface area (Å²) < 4.78 is 5.81. The second-order valence-electron chi connectivity index (χ2n) is 4.76. The molecule has 1 rings (SSSR count). The minimum atomic E-state index is 0.350. The number of hydrogen-bond acceptors (Lipinski definition) is 4. The summed E-state index contributed by atoms with van der Waals surface area (Å²) in [6.45, 7) is 13.5. The van der Waals surface area contributed by atoms with Crippen molar-refractivity contribution in [1.82, 2.24) is 9.80 Å². The van der Waals surface area contributed by atoms with Gasteiger partial charge in [0, 0.05) is 38.8 Å². The smallest absolute Gasteiger partial charge is 0.0829 e. The molecule has 4 nitrogen and oxygen atoms in total. The van der Waals surface area contributed by atoms with E-state index in [-0.39, 0.29) is 0 Å². The molecule has 1 aliphatic heterocycles. The van der Waals surface area contributed by atoms with Crippen LogP contribution >= 0.6 is 0 Å². The largest absolute Gasteiger partial charge is 0.374 e. The van der Waals surface area contributed by atoms with E-state index in [4.69, 9.17) is 10.5 Å². The Kier molecular flexibility index (Phi) is 6.28. The van der Waals surface area contributed by atoms with Crippen LogP contribution in [0.3, 0.4) is 0 Å². The average molecular weight is 229 g/mol. The predicted octanol–water partition coefficient (Wildman–Crippen LogP) is 0.376. The van der Waals surface area contributed by atoms with Crippen molar-refractivity contribution in [2.24, 2.45) is 5.73 Å². The number of nitrogens with zero attached hydrogens (tertiary/aromatic N) is 2. The standard InChI is InChI=1S/C12H27N3O/c1-4-14-7-8-16-12(9-14)10-15(6-5-13)11(2)3/h11-12H,4-10,13H2,1-3H3. The summed E-state index contributed by atoms with van der Waals surface area (Å²) in [5, 5.41) is 0. The van der Waals surface area contributed by atoms with Crippen molar-refractivity contribution >= 4 is 0 Å². The molecule has 0 radical (unpaired) electrons. The van der Waals surface area contributed by atoms with Crippen molar-refractivity contribution in [1.29, 1.82) is 0 Å². The molecule has 1 atom stereocenters. The molecule has 1 saturated heterocycles. The fourth-order valence-corrected chi connectivity index (χ4v) is 2.17. The maximum Gasteiger partial charge on any atom is 0.0829 e. The van der Waals surface area contributed by atoms with Crippen LogP contribution in [0.2, 0.25) is 0 Å². The lowest BCUT2D eigenvalue weighted by atomic mass is 10.2. The van der Waals surface area contributed by atoms with Crippen molar-refractivity contribution in [2.45, 2.75) is 32.9 Å². The number of morpholine rings is 1. The zero-order valence-corrected chi connectivity index (χ0v) is 11.0. The Bertz CT molecular complexity index is 187. The van der Waals surface area contributed by atoms with E-state index in [9.17, 15) is 0 Å². The predicted molar refractivity (Wildman–Crippen MR) is 67.6 cm³/mol. The first kappa shape index (κ1) is 13.9. The molecular formula is C12H27N3O. The van der Waals surface area contributed by atoms with Gasteiger partial charge in [0.25, 0.3) is 0 Å². The molecular weight excluding hydrogens is 202 g/mol. The summed E-state index contributed by atoms with van der Waals surface area (Å²) in [4.78, 5) is 4.86. The molecule has 0 spiro atoms. The monoisotopic (exact) mass is 229 g/mol. The van der Waals surface area contributed by atoms with Crippen molar-refractivity contribution in [3.8, 4) is 0 Å². The first-order valence-corrected chi connectivity index (χ1v) is 6.45. The van der Waals surface area contributed by atoms with Gasteiger partial charge in [-0.1, -0.05) is 6.92 Å². The van der Waals surface area contributed by atoms with Gasteiger partial charge in [0.1, 0.15) is 0 Å². The van der Waals surface area contributed by atoms with E-state index in [1.54, 1.807) is 0 Å². The minimum absolute atomic E-state index is 0.350. The second-order valence-corrected chi connectivity index (χ2v) is 4.76. The van der Waals surface area contributed by atoms with Crippen LogP contribution in [-0.2, 0) is 4.74 Å². The van der Waals surface area contributed by atoms with E-state index in [2.05, 4.69) is 30.6 Å². The molecule has 96 valence electrons. The third-order valence-electron chi connectivity index (χ3n) is 3.25. The Balaban J connectivity index is 2.38. The molecule has 16 heavy (non-hydrogen) atoms. The molecule has 1 heterocycles. The number of nitrogens with two attached hydrogens (primary N) is 1. The van der Waals surface area contributed by atoms with Gasteiger partial charge >= 0.3 is 0 Å². The minimum Gasteiger partial charge on any atom is -0.374 e. The Morgan fingerprint density at radius 1 is 1.50 bits per heavy atom. The van der Waals surface area contributed by atoms with Crippen LogP contribution in [0.25, 0.3) is 0 Å². The highest BCUT2D eigenvalue weighted by Crippen LogP contribution is 2.08. The summed E-state index contributed by atoms with van der Waals surface area (Å²) in [7, 11) is 0. The first-order chi connectivity index (χ1) is 7.67. The number of likely N-dealkylation sites (N-methyl/N-ethyl adjacent to an activating group) is 1. The number of ether oxygens (including phenoxy) is 1. The fraction of sp³-hybridized carbons (Fsp3) is 1.00. The van der Waals surface area contributed by atoms with Gasteiger partial charge in [0.05, 0.1) is 12.7 Å². The van der Waals surface area contributed by atoms with Crippen molar-refractivity contribution < 1.29 is 4.74 Å². The fourth-order valence-electron chi connectivity index (χ4n) is 2.17. The highest BCUT2D eigenvalue weighted by molar-refractivity contribution is 4.76. The molecule has 0 bridgehead atoms. The Labute approximate surface area is 99.7 Å². The maximum absolute atomic E-state index is 5.81. The van der Waals surface area contributed by atoms with Crippen molar-refractivity contribution in [2.75, 3.05) is 45.9 Å². The van der Waals surface area contributed by atoms with E-state index < -0.39 is 0 Å². The van der Waals surface area contributed by atoms with Crippen LogP contribution in [0.4, 0.5) is 0 Å². The lowest BCUT2D eigenvalue weighted by molar-refractivity contribution is -0.0450. The van der Waals surface area contributed by atoms with Crippen LogP contribution < -0.4 is 5.73 Å². The van der Waals surface area contributed by atoms with Crippen molar-refractivity contribution in [3.05, 3.63) is 0 Å². The van der Waals surface area contributed by atoms with Gasteiger partial charge in [-0.25, -0.2) is 0 Å². The molecule has 0 aromatic carbocycles. The third-order valence-corrected chi connectivity index (χ3v) is 3.25. The van der Waals surface area contributed by atoms with E-state index in [0.29, 0.717) is 12.1 Å². The third kappa shape index (κ3) is 4.37. The van der Waals surface area contributed by atoms with Crippen molar-refractivity contribution in [3.63, 3.8) is 0 Å². The zero-order chi connectivity index (χ0) is 12.0.